The number of hydrogen-bond acceptors (Lipinski definition) is 3. The number of pyridine rings is 1. The number of rotatable bonds is 4. The second-order valence-corrected chi connectivity index (χ2v) is 6.71. The van der Waals surface area contributed by atoms with E-state index >= 15 is 0 Å². The maximum atomic E-state index is 13.7. The smallest absolute Gasteiger partial charge is 0.321 e. The fourth-order valence-corrected chi connectivity index (χ4v) is 2.70. The third kappa shape index (κ3) is 5.66. The standard InChI is InChI=1S/C21H11F8N3O2/c22-13-3-1-4-14(23)17(13)32-19(34)16-6-2-5-15(31-16)18(33)30-12-8-10(20(24,25)26)7-11(9-12)21(27,28)29/h1-9H,(H,30,33)(H,32,34). The Kier molecular flexibility index (Phi) is 6.57. The predicted molar refractivity (Wildman–Crippen MR) is 103 cm³/mol. The molecule has 2 aromatic carbocycles. The highest BCUT2D eigenvalue weighted by Crippen LogP contribution is 2.37. The van der Waals surface area contributed by atoms with Gasteiger partial charge in [-0.3, -0.25) is 9.59 Å². The monoisotopic (exact) mass is 489 g/mol. The molecule has 0 spiro atoms. The van der Waals surface area contributed by atoms with Gasteiger partial charge in [0.15, 0.2) is 0 Å². The van der Waals surface area contributed by atoms with Gasteiger partial charge in [-0.2, -0.15) is 26.3 Å². The Bertz CT molecular complexity index is 1200. The zero-order chi connectivity index (χ0) is 25.3. The van der Waals surface area contributed by atoms with Crippen LogP contribution in [0.1, 0.15) is 32.1 Å². The second kappa shape index (κ2) is 9.08. The molecule has 0 aliphatic carbocycles. The Morgan fingerprint density at radius 1 is 0.676 bits per heavy atom. The van der Waals surface area contributed by atoms with Gasteiger partial charge in [-0.15, -0.1) is 0 Å². The number of para-hydroxylation sites is 1. The van der Waals surface area contributed by atoms with Crippen LogP contribution in [0.5, 0.6) is 0 Å². The number of alkyl halides is 6. The van der Waals surface area contributed by atoms with E-state index in [1.54, 1.807) is 0 Å². The third-order valence-corrected chi connectivity index (χ3v) is 4.26. The minimum absolute atomic E-state index is 0.110. The van der Waals surface area contributed by atoms with Crippen LogP contribution in [0.25, 0.3) is 0 Å². The van der Waals surface area contributed by atoms with Crippen molar-refractivity contribution in [2.75, 3.05) is 10.6 Å². The second-order valence-electron chi connectivity index (χ2n) is 6.71. The molecule has 0 saturated heterocycles. The van der Waals surface area contributed by atoms with E-state index in [9.17, 15) is 44.7 Å². The Morgan fingerprint density at radius 3 is 1.59 bits per heavy atom. The molecular weight excluding hydrogens is 478 g/mol. The van der Waals surface area contributed by atoms with Crippen molar-refractivity contribution in [3.8, 4) is 0 Å². The number of hydrogen-bond donors (Lipinski definition) is 2. The summed E-state index contributed by atoms with van der Waals surface area (Å²) in [7, 11) is 0. The lowest BCUT2D eigenvalue weighted by atomic mass is 10.1. The van der Waals surface area contributed by atoms with E-state index in [1.807, 2.05) is 10.6 Å². The molecule has 0 fully saturated rings. The number of anilines is 2. The summed E-state index contributed by atoms with van der Waals surface area (Å²) in [5, 5.41) is 3.79. The van der Waals surface area contributed by atoms with E-state index < -0.39 is 69.7 Å². The molecule has 0 atom stereocenters. The van der Waals surface area contributed by atoms with E-state index in [0.717, 1.165) is 36.4 Å². The summed E-state index contributed by atoms with van der Waals surface area (Å²) in [5.74, 6) is -4.55. The van der Waals surface area contributed by atoms with Crippen molar-refractivity contribution in [1.29, 1.82) is 0 Å². The fraction of sp³-hybridized carbons (Fsp3) is 0.0952. The number of benzene rings is 2. The number of aromatic nitrogens is 1. The molecule has 3 rings (SSSR count). The minimum atomic E-state index is -5.13. The maximum absolute atomic E-state index is 13.7. The first kappa shape index (κ1) is 24.6. The summed E-state index contributed by atoms with van der Waals surface area (Å²) in [6.07, 6.45) is -10.3. The first-order valence-electron chi connectivity index (χ1n) is 9.09. The summed E-state index contributed by atoms with van der Waals surface area (Å²) in [6, 6.07) is 6.50. The third-order valence-electron chi connectivity index (χ3n) is 4.26. The van der Waals surface area contributed by atoms with Crippen molar-refractivity contribution in [2.24, 2.45) is 0 Å². The van der Waals surface area contributed by atoms with Crippen LogP contribution in [0.2, 0.25) is 0 Å². The van der Waals surface area contributed by atoms with Crippen LogP contribution in [0.15, 0.2) is 54.6 Å². The lowest BCUT2D eigenvalue weighted by Gasteiger charge is -2.14. The van der Waals surface area contributed by atoms with Crippen LogP contribution in [0.3, 0.4) is 0 Å². The number of carbonyl (C=O) groups excluding carboxylic acids is 2. The zero-order valence-electron chi connectivity index (χ0n) is 16.5. The van der Waals surface area contributed by atoms with Gasteiger partial charge in [0, 0.05) is 5.69 Å². The number of amides is 2. The molecule has 0 aliphatic rings. The lowest BCUT2D eigenvalue weighted by molar-refractivity contribution is -0.143. The van der Waals surface area contributed by atoms with Crippen molar-refractivity contribution >= 4 is 23.2 Å². The van der Waals surface area contributed by atoms with Gasteiger partial charge in [0.05, 0.1) is 11.1 Å². The van der Waals surface area contributed by atoms with Crippen molar-refractivity contribution in [3.05, 3.63) is 88.7 Å². The minimum Gasteiger partial charge on any atom is -0.321 e. The van der Waals surface area contributed by atoms with E-state index in [4.69, 9.17) is 0 Å². The molecule has 34 heavy (non-hydrogen) atoms. The van der Waals surface area contributed by atoms with Crippen LogP contribution in [0, 0.1) is 11.6 Å². The van der Waals surface area contributed by atoms with E-state index in [1.165, 1.54) is 0 Å². The van der Waals surface area contributed by atoms with Crippen LogP contribution < -0.4 is 10.6 Å². The molecule has 0 bridgehead atoms. The van der Waals surface area contributed by atoms with E-state index in [2.05, 4.69) is 4.98 Å². The van der Waals surface area contributed by atoms with Gasteiger partial charge in [0.25, 0.3) is 11.8 Å². The van der Waals surface area contributed by atoms with Crippen molar-refractivity contribution < 1.29 is 44.7 Å². The van der Waals surface area contributed by atoms with Crippen molar-refractivity contribution in [2.45, 2.75) is 12.4 Å². The molecule has 13 heteroatoms. The van der Waals surface area contributed by atoms with E-state index in [-0.39, 0.29) is 6.07 Å². The fourth-order valence-electron chi connectivity index (χ4n) is 2.70. The summed E-state index contributed by atoms with van der Waals surface area (Å²) >= 11 is 0. The highest BCUT2D eigenvalue weighted by atomic mass is 19.4. The van der Waals surface area contributed by atoms with Gasteiger partial charge >= 0.3 is 12.4 Å². The van der Waals surface area contributed by atoms with Gasteiger partial charge in [0.1, 0.15) is 28.7 Å². The van der Waals surface area contributed by atoms with Crippen LogP contribution in [-0.4, -0.2) is 16.8 Å². The number of nitrogens with zero attached hydrogens (tertiary/aromatic N) is 1. The van der Waals surface area contributed by atoms with Crippen molar-refractivity contribution in [1.82, 2.24) is 4.98 Å². The summed E-state index contributed by atoms with van der Waals surface area (Å²) in [6.45, 7) is 0. The molecule has 5 nitrogen and oxygen atoms in total. The molecule has 1 aromatic heterocycles. The van der Waals surface area contributed by atoms with Crippen LogP contribution in [-0.2, 0) is 12.4 Å². The molecular formula is C21H11F8N3O2. The molecule has 2 N–H and O–H groups in total. The predicted octanol–water partition coefficient (Wildman–Crippen LogP) is 5.90. The molecule has 0 radical (unpaired) electrons. The van der Waals surface area contributed by atoms with E-state index in [0.29, 0.717) is 12.1 Å². The van der Waals surface area contributed by atoms with Crippen LogP contribution >= 0.6 is 0 Å². The highest BCUT2D eigenvalue weighted by molar-refractivity contribution is 6.06. The molecule has 0 unspecified atom stereocenters. The van der Waals surface area contributed by atoms with Gasteiger partial charge < -0.3 is 10.6 Å². The molecule has 3 aromatic rings. The Labute approximate surface area is 185 Å². The topological polar surface area (TPSA) is 71.1 Å². The Hall–Kier alpha value is -4.03. The average molecular weight is 489 g/mol. The largest absolute Gasteiger partial charge is 0.416 e. The first-order valence-corrected chi connectivity index (χ1v) is 9.09. The quantitative estimate of drug-likeness (QED) is 0.449. The zero-order valence-corrected chi connectivity index (χ0v) is 16.5. The average Bonchev–Trinajstić information content (AvgIpc) is 2.75. The number of nitrogens with one attached hydrogen (secondary N) is 2. The first-order chi connectivity index (χ1) is 15.8. The SMILES string of the molecule is O=C(Nc1cc(C(F)(F)F)cc(C(F)(F)F)c1)c1cccc(C(=O)Nc2c(F)cccc2F)n1. The molecule has 0 saturated carbocycles. The Morgan fingerprint density at radius 2 is 1.12 bits per heavy atom. The van der Waals surface area contributed by atoms with Gasteiger partial charge in [0.2, 0.25) is 0 Å². The molecule has 178 valence electrons. The van der Waals surface area contributed by atoms with Crippen LogP contribution in [0.4, 0.5) is 46.5 Å². The number of halogens is 8. The normalized spacial score (nSPS) is 11.8. The molecule has 1 heterocycles. The summed E-state index contributed by atoms with van der Waals surface area (Å²) < 4.78 is 105. The lowest BCUT2D eigenvalue weighted by Crippen LogP contribution is -2.20. The summed E-state index contributed by atoms with van der Waals surface area (Å²) in [4.78, 5) is 28.3. The highest BCUT2D eigenvalue weighted by Gasteiger charge is 2.37. The van der Waals surface area contributed by atoms with Gasteiger partial charge in [-0.1, -0.05) is 12.1 Å². The molecule has 2 amide bonds. The maximum Gasteiger partial charge on any atom is 0.416 e. The molecule has 0 aliphatic heterocycles. The summed E-state index contributed by atoms with van der Waals surface area (Å²) in [5.41, 5.74) is -5.97. The number of carbonyl (C=O) groups is 2. The Balaban J connectivity index is 1.87. The van der Waals surface area contributed by atoms with Gasteiger partial charge in [-0.05, 0) is 42.5 Å². The van der Waals surface area contributed by atoms with Crippen molar-refractivity contribution in [3.63, 3.8) is 0 Å². The van der Waals surface area contributed by atoms with Gasteiger partial charge in [-0.25, -0.2) is 13.8 Å².